The van der Waals surface area contributed by atoms with Gasteiger partial charge in [-0.15, -0.1) is 0 Å². The standard InChI is InChI=1S/C28H36BrN3O2/c1-4-31(5-2)27(33)19-15-21-20-13-10-14-23-25(20)22(16-24(21)30(3)17-19)26(29)32(23)28(34)18-11-8-6-7-9-12-18/h10,13-15,18-19,24H,4-9,11-12,16-17H2,1-3H3/t19-,24-/m1/s1. The molecule has 0 unspecified atom stereocenters. The number of benzene rings is 1. The van der Waals surface area contributed by atoms with Crippen LogP contribution in [-0.4, -0.2) is 58.9 Å². The van der Waals surface area contributed by atoms with E-state index in [0.717, 1.165) is 61.9 Å². The smallest absolute Gasteiger partial charge is 0.235 e. The fraction of sp³-hybridized carbons (Fsp3) is 0.571. The van der Waals surface area contributed by atoms with Gasteiger partial charge in [0.2, 0.25) is 11.8 Å². The number of nitrogens with zero attached hydrogens (tertiary/aromatic N) is 3. The van der Waals surface area contributed by atoms with Gasteiger partial charge in [0.1, 0.15) is 0 Å². The summed E-state index contributed by atoms with van der Waals surface area (Å²) >= 11 is 3.86. The summed E-state index contributed by atoms with van der Waals surface area (Å²) in [7, 11) is 2.13. The number of halogens is 1. The van der Waals surface area contributed by atoms with Crippen molar-refractivity contribution in [1.82, 2.24) is 14.4 Å². The molecular weight excluding hydrogens is 490 g/mol. The monoisotopic (exact) mass is 525 g/mol. The van der Waals surface area contributed by atoms with Gasteiger partial charge in [0.25, 0.3) is 0 Å². The summed E-state index contributed by atoms with van der Waals surface area (Å²) in [6, 6.07) is 6.56. The summed E-state index contributed by atoms with van der Waals surface area (Å²) in [5.74, 6) is 0.421. The summed E-state index contributed by atoms with van der Waals surface area (Å²) in [5, 5.41) is 1.18. The lowest BCUT2D eigenvalue weighted by atomic mass is 9.79. The Balaban J connectivity index is 1.60. The number of hydrogen-bond acceptors (Lipinski definition) is 3. The Morgan fingerprint density at radius 1 is 1.09 bits per heavy atom. The first-order valence-electron chi connectivity index (χ1n) is 13.0. The van der Waals surface area contributed by atoms with E-state index in [1.54, 1.807) is 0 Å². The Morgan fingerprint density at radius 2 is 1.79 bits per heavy atom. The van der Waals surface area contributed by atoms with Gasteiger partial charge >= 0.3 is 0 Å². The molecule has 1 aromatic carbocycles. The van der Waals surface area contributed by atoms with Crippen molar-refractivity contribution in [2.45, 2.75) is 64.8 Å². The molecule has 1 amide bonds. The number of carbonyl (C=O) groups excluding carboxylic acids is 2. The largest absolute Gasteiger partial charge is 0.343 e. The van der Waals surface area contributed by atoms with Crippen molar-refractivity contribution in [1.29, 1.82) is 0 Å². The van der Waals surface area contributed by atoms with E-state index in [0.29, 0.717) is 0 Å². The average Bonchev–Trinajstić information content (AvgIpc) is 3.00. The summed E-state index contributed by atoms with van der Waals surface area (Å²) in [6.07, 6.45) is 9.83. The number of likely N-dealkylation sites (N-methyl/N-ethyl adjacent to an activating group) is 1. The van der Waals surface area contributed by atoms with Crippen molar-refractivity contribution in [3.8, 4) is 0 Å². The van der Waals surface area contributed by atoms with E-state index in [1.807, 2.05) is 23.3 Å². The fourth-order valence-electron chi connectivity index (χ4n) is 6.44. The minimum Gasteiger partial charge on any atom is -0.343 e. The summed E-state index contributed by atoms with van der Waals surface area (Å²) in [5.41, 5.74) is 4.66. The number of fused-ring (bicyclic) bond motifs is 2. The first kappa shape index (κ1) is 23.8. The quantitative estimate of drug-likeness (QED) is 0.477. The number of rotatable bonds is 4. The van der Waals surface area contributed by atoms with E-state index in [2.05, 4.69) is 52.2 Å². The van der Waals surface area contributed by atoms with Crippen molar-refractivity contribution >= 4 is 44.2 Å². The van der Waals surface area contributed by atoms with E-state index in [-0.39, 0.29) is 29.7 Å². The predicted molar refractivity (Wildman–Crippen MR) is 141 cm³/mol. The van der Waals surface area contributed by atoms with Crippen LogP contribution >= 0.6 is 15.9 Å². The molecule has 0 bridgehead atoms. The average molecular weight is 527 g/mol. The van der Waals surface area contributed by atoms with Crippen LogP contribution in [0.3, 0.4) is 0 Å². The molecule has 1 saturated carbocycles. The maximum absolute atomic E-state index is 13.8. The van der Waals surface area contributed by atoms with Gasteiger partial charge < -0.3 is 4.90 Å². The molecule has 5 nitrogen and oxygen atoms in total. The Bertz CT molecular complexity index is 1140. The third-order valence-electron chi connectivity index (χ3n) is 8.31. The first-order chi connectivity index (χ1) is 16.5. The van der Waals surface area contributed by atoms with E-state index in [4.69, 9.17) is 0 Å². The molecule has 2 aliphatic carbocycles. The lowest BCUT2D eigenvalue weighted by molar-refractivity contribution is -0.134. The maximum atomic E-state index is 13.8. The lowest BCUT2D eigenvalue weighted by Crippen LogP contribution is -2.47. The molecule has 0 saturated heterocycles. The number of amides is 1. The van der Waals surface area contributed by atoms with Crippen molar-refractivity contribution in [2.75, 3.05) is 26.7 Å². The van der Waals surface area contributed by atoms with Crippen LogP contribution in [0.15, 0.2) is 28.9 Å². The van der Waals surface area contributed by atoms with Crippen LogP contribution in [-0.2, 0) is 11.2 Å². The molecule has 1 aliphatic heterocycles. The SMILES string of the molecule is CCN(CC)C(=O)[C@@H]1C=C2c3cccc4c3c(c(Br)n4C(=O)C3CCCCCC3)C[C@H]2N(C)C1. The molecule has 2 aromatic rings. The van der Waals surface area contributed by atoms with Gasteiger partial charge in [-0.25, -0.2) is 0 Å². The van der Waals surface area contributed by atoms with Gasteiger partial charge in [-0.2, -0.15) is 0 Å². The van der Waals surface area contributed by atoms with Crippen LogP contribution in [0.5, 0.6) is 0 Å². The van der Waals surface area contributed by atoms with Gasteiger partial charge in [0.05, 0.1) is 16.0 Å². The zero-order valence-corrected chi connectivity index (χ0v) is 22.2. The molecule has 0 radical (unpaired) electrons. The van der Waals surface area contributed by atoms with Gasteiger partial charge in [-0.05, 0) is 78.9 Å². The topological polar surface area (TPSA) is 45.6 Å². The maximum Gasteiger partial charge on any atom is 0.235 e. The molecule has 1 fully saturated rings. The van der Waals surface area contributed by atoms with Crippen molar-refractivity contribution in [2.24, 2.45) is 11.8 Å². The first-order valence-corrected chi connectivity index (χ1v) is 13.8. The molecule has 6 heteroatoms. The highest BCUT2D eigenvalue weighted by molar-refractivity contribution is 9.10. The Labute approximate surface area is 211 Å². The van der Waals surface area contributed by atoms with Gasteiger partial charge in [0, 0.05) is 37.0 Å². The van der Waals surface area contributed by atoms with Crippen LogP contribution in [0.25, 0.3) is 16.5 Å². The van der Waals surface area contributed by atoms with Crippen LogP contribution in [0.4, 0.5) is 0 Å². The molecule has 3 aliphatic rings. The van der Waals surface area contributed by atoms with Gasteiger partial charge in [-0.1, -0.05) is 43.9 Å². The molecular formula is C28H36BrN3O2. The molecule has 2 heterocycles. The number of carbonyl (C=O) groups is 2. The molecule has 5 rings (SSSR count). The lowest BCUT2D eigenvalue weighted by Gasteiger charge is -2.40. The number of aromatic nitrogens is 1. The zero-order valence-electron chi connectivity index (χ0n) is 20.6. The normalized spacial score (nSPS) is 23.4. The fourth-order valence-corrected chi connectivity index (χ4v) is 7.17. The second kappa shape index (κ2) is 9.62. The minimum atomic E-state index is -0.133. The highest BCUT2D eigenvalue weighted by atomic mass is 79.9. The van der Waals surface area contributed by atoms with Crippen molar-refractivity contribution in [3.63, 3.8) is 0 Å². The van der Waals surface area contributed by atoms with Gasteiger partial charge in [-0.3, -0.25) is 19.1 Å². The van der Waals surface area contributed by atoms with Crippen molar-refractivity contribution < 1.29 is 9.59 Å². The van der Waals surface area contributed by atoms with E-state index < -0.39 is 0 Å². The highest BCUT2D eigenvalue weighted by Crippen LogP contribution is 2.45. The Hall–Kier alpha value is -1.92. The Kier molecular flexibility index (Phi) is 6.73. The molecule has 0 spiro atoms. The second-order valence-electron chi connectivity index (χ2n) is 10.2. The van der Waals surface area contributed by atoms with E-state index in [1.165, 1.54) is 34.9 Å². The molecule has 0 N–H and O–H groups in total. The minimum absolute atomic E-state index is 0.104. The van der Waals surface area contributed by atoms with Gasteiger partial charge in [0.15, 0.2) is 0 Å². The van der Waals surface area contributed by atoms with E-state index in [9.17, 15) is 9.59 Å². The number of hydrogen-bond donors (Lipinski definition) is 0. The molecule has 1 aromatic heterocycles. The third kappa shape index (κ3) is 3.87. The van der Waals surface area contributed by atoms with Crippen LogP contribution in [0.2, 0.25) is 0 Å². The zero-order chi connectivity index (χ0) is 24.0. The molecule has 2 atom stereocenters. The highest BCUT2D eigenvalue weighted by Gasteiger charge is 2.39. The predicted octanol–water partition coefficient (Wildman–Crippen LogP) is 5.75. The van der Waals surface area contributed by atoms with Crippen LogP contribution in [0, 0.1) is 11.8 Å². The molecule has 182 valence electrons. The van der Waals surface area contributed by atoms with Crippen LogP contribution in [0.1, 0.15) is 68.3 Å². The van der Waals surface area contributed by atoms with Crippen molar-refractivity contribution in [3.05, 3.63) is 40.0 Å². The summed E-state index contributed by atoms with van der Waals surface area (Å²) in [6.45, 7) is 6.29. The summed E-state index contributed by atoms with van der Waals surface area (Å²) in [4.78, 5) is 31.3. The Morgan fingerprint density at radius 3 is 2.47 bits per heavy atom. The van der Waals surface area contributed by atoms with Crippen LogP contribution < -0.4 is 0 Å². The molecule has 34 heavy (non-hydrogen) atoms. The van der Waals surface area contributed by atoms with E-state index >= 15 is 0 Å². The third-order valence-corrected chi connectivity index (χ3v) is 9.15. The summed E-state index contributed by atoms with van der Waals surface area (Å²) < 4.78 is 2.89. The second-order valence-corrected chi connectivity index (χ2v) is 11.0.